The molecule has 0 saturated carbocycles. The van der Waals surface area contributed by atoms with Crippen LogP contribution < -0.4 is 5.32 Å². The average Bonchev–Trinajstić information content (AvgIpc) is 2.86. The molecule has 94 valence electrons. The Kier molecular flexibility index (Phi) is 4.18. The zero-order valence-electron chi connectivity index (χ0n) is 10.5. The van der Waals surface area contributed by atoms with E-state index >= 15 is 0 Å². The molecule has 1 aliphatic heterocycles. The van der Waals surface area contributed by atoms with Crippen LogP contribution >= 0.6 is 11.3 Å². The van der Waals surface area contributed by atoms with Crippen LogP contribution in [0.3, 0.4) is 0 Å². The van der Waals surface area contributed by atoms with Crippen LogP contribution in [0.25, 0.3) is 0 Å². The highest BCUT2D eigenvalue weighted by Gasteiger charge is 2.30. The van der Waals surface area contributed by atoms with Crippen LogP contribution in [0.4, 0.5) is 0 Å². The van der Waals surface area contributed by atoms with Crippen LogP contribution in [-0.4, -0.2) is 29.9 Å². The van der Waals surface area contributed by atoms with Gasteiger partial charge in [0.2, 0.25) is 5.91 Å². The lowest BCUT2D eigenvalue weighted by molar-refractivity contribution is -0.129. The van der Waals surface area contributed by atoms with E-state index in [1.165, 1.54) is 9.75 Å². The van der Waals surface area contributed by atoms with Crippen LogP contribution in [0.15, 0.2) is 12.1 Å². The standard InChI is InChI=1S/C13H20N2OS/c1-3-7-14-12-6-8-15(13(12)16)9-11-5-4-10(2)17-11/h4-5,12,14H,3,6-9H2,1-2H3. The molecule has 1 N–H and O–H groups in total. The summed E-state index contributed by atoms with van der Waals surface area (Å²) in [6.07, 6.45) is 2.02. The SMILES string of the molecule is CCCNC1CCN(Cc2ccc(C)s2)C1=O. The van der Waals surface area contributed by atoms with Gasteiger partial charge in [-0.1, -0.05) is 6.92 Å². The molecule has 0 aromatic carbocycles. The van der Waals surface area contributed by atoms with E-state index in [-0.39, 0.29) is 11.9 Å². The smallest absolute Gasteiger partial charge is 0.240 e. The molecular formula is C13H20N2OS. The number of hydrogen-bond donors (Lipinski definition) is 1. The van der Waals surface area contributed by atoms with Gasteiger partial charge >= 0.3 is 0 Å². The third-order valence-corrected chi connectivity index (χ3v) is 4.07. The zero-order valence-corrected chi connectivity index (χ0v) is 11.3. The fourth-order valence-corrected chi connectivity index (χ4v) is 3.07. The quantitative estimate of drug-likeness (QED) is 0.871. The van der Waals surface area contributed by atoms with Gasteiger partial charge in [-0.25, -0.2) is 0 Å². The Morgan fingerprint density at radius 2 is 2.35 bits per heavy atom. The maximum Gasteiger partial charge on any atom is 0.240 e. The highest BCUT2D eigenvalue weighted by molar-refractivity contribution is 7.11. The highest BCUT2D eigenvalue weighted by atomic mass is 32.1. The van der Waals surface area contributed by atoms with Gasteiger partial charge in [0.25, 0.3) is 0 Å². The van der Waals surface area contributed by atoms with Gasteiger partial charge in [0.1, 0.15) is 0 Å². The van der Waals surface area contributed by atoms with Crippen molar-refractivity contribution >= 4 is 17.2 Å². The first-order valence-corrected chi connectivity index (χ1v) is 7.10. The molecule has 3 nitrogen and oxygen atoms in total. The van der Waals surface area contributed by atoms with Gasteiger partial charge < -0.3 is 10.2 Å². The first kappa shape index (κ1) is 12.6. The molecule has 4 heteroatoms. The van der Waals surface area contributed by atoms with Gasteiger partial charge in [-0.15, -0.1) is 11.3 Å². The van der Waals surface area contributed by atoms with Crippen molar-refractivity contribution in [2.24, 2.45) is 0 Å². The van der Waals surface area contributed by atoms with Gasteiger partial charge in [0.05, 0.1) is 12.6 Å². The monoisotopic (exact) mass is 252 g/mol. The zero-order chi connectivity index (χ0) is 12.3. The van der Waals surface area contributed by atoms with Crippen molar-refractivity contribution in [2.75, 3.05) is 13.1 Å². The molecule has 2 heterocycles. The molecule has 1 atom stereocenters. The third kappa shape index (κ3) is 3.07. The summed E-state index contributed by atoms with van der Waals surface area (Å²) in [6, 6.07) is 4.30. The van der Waals surface area contributed by atoms with Crippen LogP contribution in [0.5, 0.6) is 0 Å². The lowest BCUT2D eigenvalue weighted by atomic mass is 10.2. The number of carbonyl (C=O) groups excluding carboxylic acids is 1. The highest BCUT2D eigenvalue weighted by Crippen LogP contribution is 2.20. The summed E-state index contributed by atoms with van der Waals surface area (Å²) < 4.78 is 0. The van der Waals surface area contributed by atoms with E-state index in [0.717, 1.165) is 32.5 Å². The molecule has 1 fully saturated rings. The summed E-state index contributed by atoms with van der Waals surface area (Å²) in [7, 11) is 0. The minimum Gasteiger partial charge on any atom is -0.336 e. The second kappa shape index (κ2) is 5.65. The Hall–Kier alpha value is -0.870. The fraction of sp³-hybridized carbons (Fsp3) is 0.615. The second-order valence-electron chi connectivity index (χ2n) is 4.57. The molecule has 1 saturated heterocycles. The minimum absolute atomic E-state index is 0.0519. The molecule has 1 aromatic heterocycles. The van der Waals surface area contributed by atoms with Crippen molar-refractivity contribution in [3.05, 3.63) is 21.9 Å². The lowest BCUT2D eigenvalue weighted by Crippen LogP contribution is -2.38. The number of rotatable bonds is 5. The summed E-state index contributed by atoms with van der Waals surface area (Å²) in [6.45, 7) is 6.82. The summed E-state index contributed by atoms with van der Waals surface area (Å²) in [5.74, 6) is 0.268. The first-order valence-electron chi connectivity index (χ1n) is 6.28. The van der Waals surface area contributed by atoms with Gasteiger partial charge in [0, 0.05) is 16.3 Å². The van der Waals surface area contributed by atoms with Gasteiger partial charge in [0.15, 0.2) is 0 Å². The van der Waals surface area contributed by atoms with Crippen molar-refractivity contribution in [3.8, 4) is 0 Å². The Morgan fingerprint density at radius 3 is 3.00 bits per heavy atom. The number of nitrogens with zero attached hydrogens (tertiary/aromatic N) is 1. The summed E-state index contributed by atoms with van der Waals surface area (Å²) in [5.41, 5.74) is 0. The molecule has 2 rings (SSSR count). The number of thiophene rings is 1. The molecule has 1 aromatic rings. The lowest BCUT2D eigenvalue weighted by Gasteiger charge is -2.16. The Labute approximate surface area is 107 Å². The number of likely N-dealkylation sites (tertiary alicyclic amines) is 1. The predicted octanol–water partition coefficient (Wildman–Crippen LogP) is 2.16. The van der Waals surface area contributed by atoms with Crippen molar-refractivity contribution < 1.29 is 4.79 Å². The third-order valence-electron chi connectivity index (χ3n) is 3.08. The maximum atomic E-state index is 12.1. The topological polar surface area (TPSA) is 32.3 Å². The number of nitrogens with one attached hydrogen (secondary N) is 1. The number of carbonyl (C=O) groups is 1. The van der Waals surface area contributed by atoms with E-state index in [2.05, 4.69) is 31.3 Å². The molecular weight excluding hydrogens is 232 g/mol. The van der Waals surface area contributed by atoms with E-state index in [4.69, 9.17) is 0 Å². The predicted molar refractivity (Wildman–Crippen MR) is 71.2 cm³/mol. The normalized spacial score (nSPS) is 20.2. The molecule has 17 heavy (non-hydrogen) atoms. The van der Waals surface area contributed by atoms with Gasteiger partial charge in [-0.05, 0) is 38.4 Å². The van der Waals surface area contributed by atoms with E-state index in [1.54, 1.807) is 11.3 Å². The van der Waals surface area contributed by atoms with Crippen LogP contribution in [0.2, 0.25) is 0 Å². The summed E-state index contributed by atoms with van der Waals surface area (Å²) in [5, 5.41) is 3.31. The average molecular weight is 252 g/mol. The van der Waals surface area contributed by atoms with E-state index in [0.29, 0.717) is 0 Å². The Bertz CT molecular complexity index is 389. The second-order valence-corrected chi connectivity index (χ2v) is 5.94. The van der Waals surface area contributed by atoms with Crippen LogP contribution in [0.1, 0.15) is 29.5 Å². The molecule has 0 radical (unpaired) electrons. The summed E-state index contributed by atoms with van der Waals surface area (Å²) >= 11 is 1.78. The van der Waals surface area contributed by atoms with Crippen molar-refractivity contribution in [2.45, 2.75) is 39.3 Å². The summed E-state index contributed by atoms with van der Waals surface area (Å²) in [4.78, 5) is 16.7. The number of hydrogen-bond acceptors (Lipinski definition) is 3. The van der Waals surface area contributed by atoms with Crippen molar-refractivity contribution in [3.63, 3.8) is 0 Å². The maximum absolute atomic E-state index is 12.1. The Morgan fingerprint density at radius 1 is 1.53 bits per heavy atom. The van der Waals surface area contributed by atoms with E-state index in [1.807, 2.05) is 4.90 Å². The van der Waals surface area contributed by atoms with Gasteiger partial charge in [-0.2, -0.15) is 0 Å². The van der Waals surface area contributed by atoms with Gasteiger partial charge in [-0.3, -0.25) is 4.79 Å². The number of aryl methyl sites for hydroxylation is 1. The van der Waals surface area contributed by atoms with Crippen LogP contribution in [-0.2, 0) is 11.3 Å². The van der Waals surface area contributed by atoms with Crippen molar-refractivity contribution in [1.29, 1.82) is 0 Å². The van der Waals surface area contributed by atoms with E-state index < -0.39 is 0 Å². The molecule has 1 amide bonds. The molecule has 0 spiro atoms. The molecule has 0 aliphatic carbocycles. The number of amides is 1. The van der Waals surface area contributed by atoms with Crippen LogP contribution in [0, 0.1) is 6.92 Å². The van der Waals surface area contributed by atoms with Crippen molar-refractivity contribution in [1.82, 2.24) is 10.2 Å². The van der Waals surface area contributed by atoms with E-state index in [9.17, 15) is 4.79 Å². The molecule has 1 aliphatic rings. The first-order chi connectivity index (χ1) is 8.20. The Balaban J connectivity index is 1.89. The fourth-order valence-electron chi connectivity index (χ4n) is 2.16. The molecule has 1 unspecified atom stereocenters. The minimum atomic E-state index is 0.0519. The molecule has 0 bridgehead atoms. The largest absolute Gasteiger partial charge is 0.336 e.